The van der Waals surface area contributed by atoms with Gasteiger partial charge in [0.05, 0.1) is 6.20 Å². The van der Waals surface area contributed by atoms with E-state index < -0.39 is 0 Å². The number of amides is 1. The van der Waals surface area contributed by atoms with Gasteiger partial charge in [0.1, 0.15) is 4.60 Å². The predicted molar refractivity (Wildman–Crippen MR) is 69.2 cm³/mol. The SMILES string of the molecule is [N-]=[N+]=NCC1CC(=O)N(c2ncc(Br)nc2Cl)C1. The lowest BCUT2D eigenvalue weighted by atomic mass is 10.1. The van der Waals surface area contributed by atoms with E-state index in [-0.39, 0.29) is 17.0 Å². The van der Waals surface area contributed by atoms with E-state index in [9.17, 15) is 4.79 Å². The average Bonchev–Trinajstić information content (AvgIpc) is 2.68. The van der Waals surface area contributed by atoms with Crippen molar-refractivity contribution >= 4 is 39.3 Å². The molecule has 0 radical (unpaired) electrons. The molecule has 1 fully saturated rings. The van der Waals surface area contributed by atoms with Crippen LogP contribution in [0.1, 0.15) is 6.42 Å². The Balaban J connectivity index is 2.18. The summed E-state index contributed by atoms with van der Waals surface area (Å²) in [6.07, 6.45) is 1.81. The summed E-state index contributed by atoms with van der Waals surface area (Å²) in [5.74, 6) is 0.245. The summed E-state index contributed by atoms with van der Waals surface area (Å²) in [6.45, 7) is 0.730. The van der Waals surface area contributed by atoms with Gasteiger partial charge >= 0.3 is 0 Å². The molecule has 18 heavy (non-hydrogen) atoms. The Hall–Kier alpha value is -1.37. The Labute approximate surface area is 116 Å². The molecule has 9 heteroatoms. The Kier molecular flexibility index (Phi) is 4.00. The first-order chi connectivity index (χ1) is 8.61. The number of aromatic nitrogens is 2. The molecule has 1 aromatic rings. The third-order valence-electron chi connectivity index (χ3n) is 2.55. The van der Waals surface area contributed by atoms with Crippen LogP contribution in [0.3, 0.4) is 0 Å². The standard InChI is InChI=1S/C9H8BrClN6O/c10-6-3-13-9(8(11)15-6)17-4-5(1-7(17)18)2-14-16-12/h3,5H,1-2,4H2. The van der Waals surface area contributed by atoms with Crippen LogP contribution in [0.15, 0.2) is 15.9 Å². The minimum absolute atomic E-state index is 0.00471. The van der Waals surface area contributed by atoms with E-state index in [1.54, 1.807) is 0 Å². The molecule has 1 aromatic heterocycles. The van der Waals surface area contributed by atoms with Crippen LogP contribution < -0.4 is 4.90 Å². The highest BCUT2D eigenvalue weighted by molar-refractivity contribution is 9.10. The van der Waals surface area contributed by atoms with Gasteiger partial charge in [0.2, 0.25) is 5.91 Å². The number of carbonyl (C=O) groups excluding carboxylic acids is 1. The molecule has 0 aliphatic carbocycles. The zero-order valence-electron chi connectivity index (χ0n) is 9.12. The molecule has 1 atom stereocenters. The highest BCUT2D eigenvalue weighted by Gasteiger charge is 2.32. The predicted octanol–water partition coefficient (Wildman–Crippen LogP) is 2.56. The van der Waals surface area contributed by atoms with Crippen LogP contribution in [-0.4, -0.2) is 29.0 Å². The maximum absolute atomic E-state index is 11.8. The lowest BCUT2D eigenvalue weighted by Crippen LogP contribution is -2.26. The lowest BCUT2D eigenvalue weighted by molar-refractivity contribution is -0.117. The summed E-state index contributed by atoms with van der Waals surface area (Å²) >= 11 is 9.10. The lowest BCUT2D eigenvalue weighted by Gasteiger charge is -2.15. The van der Waals surface area contributed by atoms with E-state index in [1.807, 2.05) is 0 Å². The van der Waals surface area contributed by atoms with Crippen molar-refractivity contribution in [2.75, 3.05) is 18.0 Å². The molecule has 0 saturated carbocycles. The van der Waals surface area contributed by atoms with Crippen LogP contribution in [0.5, 0.6) is 0 Å². The van der Waals surface area contributed by atoms with E-state index in [2.05, 4.69) is 35.9 Å². The Bertz CT molecular complexity index is 532. The van der Waals surface area contributed by atoms with E-state index in [0.29, 0.717) is 29.9 Å². The molecule has 1 aliphatic rings. The smallest absolute Gasteiger partial charge is 0.228 e. The monoisotopic (exact) mass is 330 g/mol. The van der Waals surface area contributed by atoms with Gasteiger partial charge in [-0.05, 0) is 27.4 Å². The van der Waals surface area contributed by atoms with Crippen molar-refractivity contribution in [1.29, 1.82) is 0 Å². The minimum Gasteiger partial charge on any atom is -0.294 e. The molecular weight excluding hydrogens is 323 g/mol. The normalized spacial score (nSPS) is 18.9. The van der Waals surface area contributed by atoms with E-state index in [1.165, 1.54) is 11.1 Å². The van der Waals surface area contributed by atoms with Crippen molar-refractivity contribution in [2.24, 2.45) is 11.0 Å². The molecular formula is C9H8BrClN6O. The van der Waals surface area contributed by atoms with Crippen LogP contribution in [-0.2, 0) is 4.79 Å². The Morgan fingerprint density at radius 2 is 2.50 bits per heavy atom. The molecule has 1 amide bonds. The van der Waals surface area contributed by atoms with Crippen LogP contribution in [0, 0.1) is 5.92 Å². The molecule has 7 nitrogen and oxygen atoms in total. The second kappa shape index (κ2) is 5.51. The number of rotatable bonds is 3. The molecule has 1 unspecified atom stereocenters. The van der Waals surface area contributed by atoms with Crippen molar-refractivity contribution in [3.8, 4) is 0 Å². The largest absolute Gasteiger partial charge is 0.294 e. The third-order valence-corrected chi connectivity index (χ3v) is 3.18. The van der Waals surface area contributed by atoms with Crippen molar-refractivity contribution in [1.82, 2.24) is 9.97 Å². The highest BCUT2D eigenvalue weighted by atomic mass is 79.9. The van der Waals surface area contributed by atoms with Gasteiger partial charge in [-0.3, -0.25) is 9.69 Å². The number of hydrogen-bond donors (Lipinski definition) is 0. The van der Waals surface area contributed by atoms with Gasteiger partial charge < -0.3 is 0 Å². The molecule has 0 N–H and O–H groups in total. The van der Waals surface area contributed by atoms with Gasteiger partial charge in [-0.1, -0.05) is 16.7 Å². The van der Waals surface area contributed by atoms with Gasteiger partial charge in [-0.2, -0.15) is 0 Å². The summed E-state index contributed by atoms with van der Waals surface area (Å²) in [6, 6.07) is 0. The van der Waals surface area contributed by atoms with Gasteiger partial charge in [-0.15, -0.1) is 0 Å². The molecule has 2 rings (SSSR count). The van der Waals surface area contributed by atoms with Gasteiger partial charge in [-0.25, -0.2) is 9.97 Å². The van der Waals surface area contributed by atoms with Crippen LogP contribution in [0.25, 0.3) is 10.4 Å². The van der Waals surface area contributed by atoms with Crippen LogP contribution in [0.4, 0.5) is 5.82 Å². The average molecular weight is 332 g/mol. The van der Waals surface area contributed by atoms with Crippen LogP contribution in [0.2, 0.25) is 5.15 Å². The quantitative estimate of drug-likeness (QED) is 0.484. The number of nitrogens with zero attached hydrogens (tertiary/aromatic N) is 6. The van der Waals surface area contributed by atoms with E-state index >= 15 is 0 Å². The van der Waals surface area contributed by atoms with Gasteiger partial charge in [0.15, 0.2) is 11.0 Å². The Morgan fingerprint density at radius 1 is 1.72 bits per heavy atom. The first kappa shape index (κ1) is 13.1. The minimum atomic E-state index is -0.0911. The fourth-order valence-corrected chi connectivity index (χ4v) is 2.41. The number of hydrogen-bond acceptors (Lipinski definition) is 4. The zero-order chi connectivity index (χ0) is 13.1. The summed E-state index contributed by atoms with van der Waals surface area (Å²) in [4.78, 5) is 24.1. The fraction of sp³-hybridized carbons (Fsp3) is 0.444. The van der Waals surface area contributed by atoms with Crippen molar-refractivity contribution in [3.63, 3.8) is 0 Å². The molecule has 1 saturated heterocycles. The highest BCUT2D eigenvalue weighted by Crippen LogP contribution is 2.29. The molecule has 0 aromatic carbocycles. The molecule has 2 heterocycles. The number of halogens is 2. The van der Waals surface area contributed by atoms with E-state index in [0.717, 1.165) is 0 Å². The maximum Gasteiger partial charge on any atom is 0.228 e. The topological polar surface area (TPSA) is 94.9 Å². The molecule has 1 aliphatic heterocycles. The Morgan fingerprint density at radius 3 is 3.17 bits per heavy atom. The fourth-order valence-electron chi connectivity index (χ4n) is 1.78. The summed E-state index contributed by atoms with van der Waals surface area (Å²) in [5, 5.41) is 3.65. The molecule has 94 valence electrons. The zero-order valence-corrected chi connectivity index (χ0v) is 11.5. The summed E-state index contributed by atoms with van der Waals surface area (Å²) in [7, 11) is 0. The second-order valence-electron chi connectivity index (χ2n) is 3.80. The second-order valence-corrected chi connectivity index (χ2v) is 4.97. The van der Waals surface area contributed by atoms with Crippen molar-refractivity contribution < 1.29 is 4.79 Å². The summed E-state index contributed by atoms with van der Waals surface area (Å²) < 4.78 is 0.508. The third kappa shape index (κ3) is 2.72. The van der Waals surface area contributed by atoms with Crippen molar-refractivity contribution in [2.45, 2.75) is 6.42 Å². The number of carbonyl (C=O) groups is 1. The van der Waals surface area contributed by atoms with Crippen LogP contribution >= 0.6 is 27.5 Å². The van der Waals surface area contributed by atoms with Gasteiger partial charge in [0, 0.05) is 24.4 Å². The molecule has 0 bridgehead atoms. The maximum atomic E-state index is 11.8. The number of azide groups is 1. The number of anilines is 1. The van der Waals surface area contributed by atoms with E-state index in [4.69, 9.17) is 17.1 Å². The first-order valence-corrected chi connectivity index (χ1v) is 6.28. The molecule has 0 spiro atoms. The first-order valence-electron chi connectivity index (χ1n) is 5.11. The van der Waals surface area contributed by atoms with Crippen molar-refractivity contribution in [3.05, 3.63) is 26.4 Å². The summed E-state index contributed by atoms with van der Waals surface area (Å²) in [5.41, 5.74) is 8.26. The van der Waals surface area contributed by atoms with Gasteiger partial charge in [0.25, 0.3) is 0 Å².